The molecule has 3 aliphatic rings. The Bertz CT molecular complexity index is 774. The molecule has 0 saturated carbocycles. The second-order valence-electron chi connectivity index (χ2n) is 6.59. The van der Waals surface area contributed by atoms with Crippen molar-refractivity contribution in [2.75, 3.05) is 18.0 Å². The fourth-order valence-corrected chi connectivity index (χ4v) is 4.05. The van der Waals surface area contributed by atoms with Crippen LogP contribution in [-0.2, 0) is 12.8 Å². The second kappa shape index (κ2) is 5.16. The number of nitrogens with zero attached hydrogens (tertiary/aromatic N) is 1. The number of benzene rings is 2. The van der Waals surface area contributed by atoms with E-state index in [0.29, 0.717) is 0 Å². The van der Waals surface area contributed by atoms with Gasteiger partial charge in [-0.2, -0.15) is 0 Å². The highest BCUT2D eigenvalue weighted by atomic mass is 16.5. The van der Waals surface area contributed by atoms with Crippen LogP contribution in [-0.4, -0.2) is 13.1 Å². The van der Waals surface area contributed by atoms with Crippen LogP contribution < -0.4 is 9.64 Å². The van der Waals surface area contributed by atoms with Crippen LogP contribution >= 0.6 is 0 Å². The second-order valence-corrected chi connectivity index (χ2v) is 6.59. The van der Waals surface area contributed by atoms with Crippen LogP contribution in [0.3, 0.4) is 0 Å². The molecule has 0 spiro atoms. The summed E-state index contributed by atoms with van der Waals surface area (Å²) in [5.41, 5.74) is 6.72. The van der Waals surface area contributed by atoms with Crippen LogP contribution in [0.5, 0.6) is 5.75 Å². The van der Waals surface area contributed by atoms with E-state index in [4.69, 9.17) is 4.74 Å². The Morgan fingerprint density at radius 3 is 2.48 bits per heavy atom. The third-order valence-corrected chi connectivity index (χ3v) is 5.08. The Morgan fingerprint density at radius 2 is 1.70 bits per heavy atom. The van der Waals surface area contributed by atoms with Crippen molar-refractivity contribution in [2.45, 2.75) is 25.7 Å². The Morgan fingerprint density at radius 1 is 0.957 bits per heavy atom. The van der Waals surface area contributed by atoms with Crippen LogP contribution in [0.25, 0.3) is 5.76 Å². The van der Waals surface area contributed by atoms with Crippen LogP contribution in [0.1, 0.15) is 35.1 Å². The van der Waals surface area contributed by atoms with E-state index < -0.39 is 0 Å². The Kier molecular flexibility index (Phi) is 2.97. The maximum absolute atomic E-state index is 6.14. The van der Waals surface area contributed by atoms with Crippen molar-refractivity contribution in [3.63, 3.8) is 0 Å². The highest BCUT2D eigenvalue weighted by Gasteiger charge is 2.25. The summed E-state index contributed by atoms with van der Waals surface area (Å²) in [6.07, 6.45) is 10.2. The smallest absolute Gasteiger partial charge is 0.131 e. The molecule has 2 heteroatoms. The van der Waals surface area contributed by atoms with Gasteiger partial charge in [0.05, 0.1) is 6.42 Å². The molecular weight excluding hydrogens is 282 g/mol. The Balaban J connectivity index is 1.56. The number of hydrogen-bond acceptors (Lipinski definition) is 2. The van der Waals surface area contributed by atoms with Gasteiger partial charge in [0, 0.05) is 29.9 Å². The Hall–Kier alpha value is -2.22. The number of allylic oxidation sites excluding steroid dienone is 1. The Labute approximate surface area is 137 Å². The highest BCUT2D eigenvalue weighted by Crippen LogP contribution is 2.39. The first kappa shape index (κ1) is 13.2. The quantitative estimate of drug-likeness (QED) is 0.781. The minimum absolute atomic E-state index is 0.901. The molecule has 0 fully saturated rings. The number of hydrogen-bond donors (Lipinski definition) is 0. The maximum Gasteiger partial charge on any atom is 0.131 e. The van der Waals surface area contributed by atoms with Gasteiger partial charge in [0.25, 0.3) is 0 Å². The van der Waals surface area contributed by atoms with Crippen LogP contribution in [0.2, 0.25) is 0 Å². The van der Waals surface area contributed by atoms with Crippen molar-refractivity contribution >= 4 is 11.4 Å². The molecule has 3 heterocycles. The number of ether oxygens (including phenoxy) is 1. The van der Waals surface area contributed by atoms with Crippen molar-refractivity contribution in [3.8, 4) is 5.75 Å². The average molecular weight is 301 g/mol. The standard InChI is InChI=1S/C21H19NO/c1-2-8-19-15(5-1)9-10-20(23-19)18-13-16-6-3-11-22-12-4-7-17(14-18)21(16)22/h1-2,5,8,10,13-14H,3-4,6-7,11-12H2. The minimum atomic E-state index is 0.901. The number of rotatable bonds is 1. The predicted octanol–water partition coefficient (Wildman–Crippen LogP) is 4.25. The molecular formula is C21H19NO. The summed E-state index contributed by atoms with van der Waals surface area (Å²) in [7, 11) is 0. The lowest BCUT2D eigenvalue weighted by Crippen LogP contribution is -2.34. The van der Waals surface area contributed by atoms with Gasteiger partial charge in [-0.25, -0.2) is 0 Å². The number of para-hydroxylation sites is 1. The lowest BCUT2D eigenvalue weighted by molar-refractivity contribution is 0.505. The molecule has 0 aliphatic carbocycles. The van der Waals surface area contributed by atoms with E-state index in [1.807, 2.05) is 30.3 Å². The topological polar surface area (TPSA) is 12.5 Å². The maximum atomic E-state index is 6.14. The van der Waals surface area contributed by atoms with Crippen molar-refractivity contribution in [2.24, 2.45) is 0 Å². The van der Waals surface area contributed by atoms with Gasteiger partial charge in [0.2, 0.25) is 0 Å². The van der Waals surface area contributed by atoms with E-state index in [0.717, 1.165) is 17.1 Å². The molecule has 114 valence electrons. The summed E-state index contributed by atoms with van der Waals surface area (Å²) >= 11 is 0. The lowest BCUT2D eigenvalue weighted by atomic mass is 9.89. The van der Waals surface area contributed by atoms with Gasteiger partial charge in [0.1, 0.15) is 11.5 Å². The molecule has 0 aromatic heterocycles. The molecule has 3 aliphatic heterocycles. The predicted molar refractivity (Wildman–Crippen MR) is 92.7 cm³/mol. The lowest BCUT2D eigenvalue weighted by Gasteiger charge is -2.37. The number of anilines is 1. The zero-order valence-corrected chi connectivity index (χ0v) is 13.1. The molecule has 23 heavy (non-hydrogen) atoms. The summed E-state index contributed by atoms with van der Waals surface area (Å²) in [6.45, 7) is 2.43. The molecule has 2 nitrogen and oxygen atoms in total. The summed E-state index contributed by atoms with van der Waals surface area (Å²) in [4.78, 5) is 2.57. The molecule has 2 aromatic carbocycles. The largest absolute Gasteiger partial charge is 0.457 e. The molecule has 2 aromatic rings. The van der Waals surface area contributed by atoms with Gasteiger partial charge in [-0.3, -0.25) is 0 Å². The zero-order chi connectivity index (χ0) is 15.2. The summed E-state index contributed by atoms with van der Waals surface area (Å²) in [6, 6.07) is 12.7. The van der Waals surface area contributed by atoms with E-state index in [-0.39, 0.29) is 0 Å². The van der Waals surface area contributed by atoms with E-state index >= 15 is 0 Å². The van der Waals surface area contributed by atoms with Crippen LogP contribution in [0.15, 0.2) is 42.5 Å². The number of aryl methyl sites for hydroxylation is 2. The van der Waals surface area contributed by atoms with Gasteiger partial charge in [0.15, 0.2) is 0 Å². The van der Waals surface area contributed by atoms with Crippen molar-refractivity contribution in [3.05, 3.63) is 71.1 Å². The van der Waals surface area contributed by atoms with Gasteiger partial charge >= 0.3 is 0 Å². The van der Waals surface area contributed by atoms with Crippen LogP contribution in [0, 0.1) is 6.42 Å². The molecule has 0 saturated heterocycles. The van der Waals surface area contributed by atoms with Gasteiger partial charge in [-0.05, 0) is 61.1 Å². The molecule has 0 N–H and O–H groups in total. The highest BCUT2D eigenvalue weighted by molar-refractivity contribution is 5.74. The normalized spacial score (nSPS) is 18.6. The van der Waals surface area contributed by atoms with E-state index in [9.17, 15) is 0 Å². The zero-order valence-electron chi connectivity index (χ0n) is 13.1. The SMILES string of the molecule is [C]1C=C(c2cc3c4c(c2)CCCN4CCC3)Oc2ccccc21. The first-order chi connectivity index (χ1) is 11.4. The molecule has 0 atom stereocenters. The molecule has 0 bridgehead atoms. The molecule has 0 unspecified atom stereocenters. The summed E-state index contributed by atoms with van der Waals surface area (Å²) < 4.78 is 6.14. The summed E-state index contributed by atoms with van der Waals surface area (Å²) in [5.74, 6) is 1.82. The molecule has 0 amide bonds. The fraction of sp³-hybridized carbons (Fsp3) is 0.286. The fourth-order valence-electron chi connectivity index (χ4n) is 4.05. The number of fused-ring (bicyclic) bond motifs is 1. The van der Waals surface area contributed by atoms with E-state index in [2.05, 4.69) is 23.5 Å². The molecule has 5 rings (SSSR count). The van der Waals surface area contributed by atoms with Crippen molar-refractivity contribution < 1.29 is 4.74 Å². The van der Waals surface area contributed by atoms with Crippen molar-refractivity contribution in [1.82, 2.24) is 0 Å². The summed E-state index contributed by atoms with van der Waals surface area (Å²) in [5, 5.41) is 0. The van der Waals surface area contributed by atoms with Gasteiger partial charge < -0.3 is 9.64 Å². The third-order valence-electron chi connectivity index (χ3n) is 5.08. The van der Waals surface area contributed by atoms with Gasteiger partial charge in [-0.15, -0.1) is 0 Å². The van der Waals surface area contributed by atoms with Gasteiger partial charge in [-0.1, -0.05) is 18.2 Å². The minimum Gasteiger partial charge on any atom is -0.457 e. The average Bonchev–Trinajstić information content (AvgIpc) is 2.62. The first-order valence-electron chi connectivity index (χ1n) is 8.53. The third kappa shape index (κ3) is 2.16. The van der Waals surface area contributed by atoms with E-state index in [1.165, 1.54) is 61.2 Å². The first-order valence-corrected chi connectivity index (χ1v) is 8.53. The monoisotopic (exact) mass is 301 g/mol. The molecule has 2 radical (unpaired) electrons. The van der Waals surface area contributed by atoms with E-state index in [1.54, 1.807) is 0 Å². The van der Waals surface area contributed by atoms with Crippen molar-refractivity contribution in [1.29, 1.82) is 0 Å². The van der Waals surface area contributed by atoms with Crippen LogP contribution in [0.4, 0.5) is 5.69 Å².